The molecule has 31 heavy (non-hydrogen) atoms. The molecule has 0 bridgehead atoms. The lowest BCUT2D eigenvalue weighted by molar-refractivity contribution is 0.0691. The van der Waals surface area contributed by atoms with E-state index in [0.717, 1.165) is 12.1 Å². The van der Waals surface area contributed by atoms with Gasteiger partial charge in [0.15, 0.2) is 11.6 Å². The Morgan fingerprint density at radius 3 is 2.74 bits per heavy atom. The van der Waals surface area contributed by atoms with E-state index in [1.54, 1.807) is 21.0 Å². The van der Waals surface area contributed by atoms with Crippen LogP contribution in [0.5, 0.6) is 5.75 Å². The highest BCUT2D eigenvalue weighted by atomic mass is 19.1. The van der Waals surface area contributed by atoms with E-state index in [0.29, 0.717) is 23.4 Å². The van der Waals surface area contributed by atoms with Gasteiger partial charge in [0.2, 0.25) is 0 Å². The van der Waals surface area contributed by atoms with Gasteiger partial charge in [-0.1, -0.05) is 0 Å². The lowest BCUT2D eigenvalue weighted by atomic mass is 10.00. The minimum absolute atomic E-state index is 0.0300. The molecule has 0 fully saturated rings. The molecule has 162 valence electrons. The summed E-state index contributed by atoms with van der Waals surface area (Å²) < 4.78 is 19.6. The van der Waals surface area contributed by atoms with Crippen molar-refractivity contribution < 1.29 is 19.0 Å². The first-order valence-electron chi connectivity index (χ1n) is 9.19. The zero-order valence-electron chi connectivity index (χ0n) is 17.3. The number of aromatic nitrogens is 1. The average molecular weight is 426 g/mol. The monoisotopic (exact) mass is 426 g/mol. The number of nitrogens with two attached hydrogens (primary N) is 2. The Labute approximate surface area is 178 Å². The molecular weight excluding hydrogens is 403 g/mol. The second kappa shape index (κ2) is 10.2. The van der Waals surface area contributed by atoms with Crippen LogP contribution in [0.3, 0.4) is 0 Å². The Balaban J connectivity index is 2.52. The molecule has 0 saturated heterocycles. The molecule has 0 amide bonds. The molecule has 0 aliphatic heterocycles. The Morgan fingerprint density at radius 2 is 2.16 bits per heavy atom. The zero-order chi connectivity index (χ0) is 23.1. The van der Waals surface area contributed by atoms with Gasteiger partial charge in [-0.2, -0.15) is 5.26 Å². The zero-order valence-corrected chi connectivity index (χ0v) is 17.3. The summed E-state index contributed by atoms with van der Waals surface area (Å²) >= 11 is 0. The summed E-state index contributed by atoms with van der Waals surface area (Å²) in [5, 5.41) is 21.7. The number of nitrogens with zero attached hydrogens (tertiary/aromatic N) is 3. The molecule has 9 nitrogen and oxygen atoms in total. The number of anilines is 1. The van der Waals surface area contributed by atoms with E-state index >= 15 is 0 Å². The van der Waals surface area contributed by atoms with Crippen LogP contribution in [0.15, 0.2) is 41.2 Å². The standard InChI is InChI=1S/C21H23FN6O3/c1-11(15-7-13(22)4-5-14(15)21(29)30)31-18-6-12(9-28-20(18)25)19(16(24)8-23)17(27-3)10-26-2/h4-7,9,11,26H,10,24H2,1-3H3,(H2,25,28)(H,29,30)/t11-/m1/s1. The van der Waals surface area contributed by atoms with Crippen LogP contribution in [0.25, 0.3) is 5.57 Å². The van der Waals surface area contributed by atoms with Crippen molar-refractivity contribution >= 4 is 23.1 Å². The molecule has 0 aliphatic rings. The summed E-state index contributed by atoms with van der Waals surface area (Å²) in [6.45, 7) is 1.91. The Hall–Kier alpha value is -3.97. The summed E-state index contributed by atoms with van der Waals surface area (Å²) in [5.41, 5.74) is 13.1. The second-order valence-electron chi connectivity index (χ2n) is 6.51. The van der Waals surface area contributed by atoms with E-state index in [9.17, 15) is 19.6 Å². The number of aromatic carboxylic acids is 1. The maximum absolute atomic E-state index is 13.7. The van der Waals surface area contributed by atoms with E-state index in [2.05, 4.69) is 15.3 Å². The van der Waals surface area contributed by atoms with E-state index < -0.39 is 17.9 Å². The number of rotatable bonds is 8. The van der Waals surface area contributed by atoms with Gasteiger partial charge in [0.1, 0.15) is 23.7 Å². The maximum Gasteiger partial charge on any atom is 0.336 e. The summed E-state index contributed by atoms with van der Waals surface area (Å²) in [6.07, 6.45) is 0.566. The van der Waals surface area contributed by atoms with Crippen molar-refractivity contribution in [1.82, 2.24) is 10.3 Å². The van der Waals surface area contributed by atoms with Gasteiger partial charge in [0.25, 0.3) is 0 Å². The maximum atomic E-state index is 13.7. The van der Waals surface area contributed by atoms with Gasteiger partial charge in [-0.25, -0.2) is 14.2 Å². The van der Waals surface area contributed by atoms with Crippen LogP contribution in [0.1, 0.15) is 34.5 Å². The first-order valence-corrected chi connectivity index (χ1v) is 9.19. The van der Waals surface area contributed by atoms with Crippen molar-refractivity contribution in [2.24, 2.45) is 10.7 Å². The summed E-state index contributed by atoms with van der Waals surface area (Å²) in [4.78, 5) is 19.8. The second-order valence-corrected chi connectivity index (χ2v) is 6.51. The fraction of sp³-hybridized carbons (Fsp3) is 0.238. The highest BCUT2D eigenvalue weighted by Gasteiger charge is 2.21. The fourth-order valence-corrected chi connectivity index (χ4v) is 2.99. The number of hydrogen-bond acceptors (Lipinski definition) is 8. The number of ether oxygens (including phenoxy) is 1. The van der Waals surface area contributed by atoms with Crippen LogP contribution in [0.4, 0.5) is 10.2 Å². The molecule has 2 rings (SSSR count). The molecule has 6 N–H and O–H groups in total. The van der Waals surface area contributed by atoms with Crippen molar-refractivity contribution in [3.8, 4) is 11.8 Å². The fourth-order valence-electron chi connectivity index (χ4n) is 2.99. The molecule has 2 aromatic rings. The highest BCUT2D eigenvalue weighted by Crippen LogP contribution is 2.31. The molecule has 0 radical (unpaired) electrons. The number of allylic oxidation sites excluding steroid dienone is 1. The normalized spacial score (nSPS) is 13.2. The van der Waals surface area contributed by atoms with Crippen molar-refractivity contribution in [2.75, 3.05) is 26.4 Å². The average Bonchev–Trinajstić information content (AvgIpc) is 2.74. The third-order valence-electron chi connectivity index (χ3n) is 4.45. The van der Waals surface area contributed by atoms with Gasteiger partial charge >= 0.3 is 5.97 Å². The lowest BCUT2D eigenvalue weighted by Crippen LogP contribution is -2.22. The predicted octanol–water partition coefficient (Wildman–Crippen LogP) is 2.12. The predicted molar refractivity (Wildman–Crippen MR) is 115 cm³/mol. The molecule has 10 heteroatoms. The molecule has 0 saturated carbocycles. The minimum Gasteiger partial charge on any atom is -0.482 e. The molecule has 1 aromatic carbocycles. The third kappa shape index (κ3) is 5.34. The number of carboxylic acid groups (broad SMARTS) is 1. The first kappa shape index (κ1) is 23.3. The van der Waals surface area contributed by atoms with Crippen molar-refractivity contribution in [1.29, 1.82) is 5.26 Å². The SMILES string of the molecule is CN=C(CNC)C(=C(N)C#N)c1cnc(N)c(O[C@H](C)c2cc(F)ccc2C(=O)O)c1. The molecule has 0 spiro atoms. The highest BCUT2D eigenvalue weighted by molar-refractivity contribution is 6.26. The Kier molecular flexibility index (Phi) is 7.65. The molecule has 1 heterocycles. The van der Waals surface area contributed by atoms with Crippen LogP contribution < -0.4 is 21.5 Å². The molecule has 0 aliphatic carbocycles. The Bertz CT molecular complexity index is 1090. The van der Waals surface area contributed by atoms with Gasteiger partial charge in [-0.3, -0.25) is 4.99 Å². The van der Waals surface area contributed by atoms with Crippen LogP contribution in [-0.2, 0) is 0 Å². The van der Waals surface area contributed by atoms with Gasteiger partial charge in [0, 0.05) is 36.5 Å². The topological polar surface area (TPSA) is 160 Å². The number of nitrogen functional groups attached to an aromatic ring is 1. The Morgan fingerprint density at radius 1 is 1.45 bits per heavy atom. The van der Waals surface area contributed by atoms with Gasteiger partial charge in [-0.15, -0.1) is 0 Å². The largest absolute Gasteiger partial charge is 0.482 e. The van der Waals surface area contributed by atoms with Crippen molar-refractivity contribution in [2.45, 2.75) is 13.0 Å². The number of carbonyl (C=O) groups is 1. The van der Waals surface area contributed by atoms with Gasteiger partial charge in [0.05, 0.1) is 11.3 Å². The number of pyridine rings is 1. The van der Waals surface area contributed by atoms with Crippen LogP contribution in [0.2, 0.25) is 0 Å². The van der Waals surface area contributed by atoms with E-state index in [1.807, 2.05) is 6.07 Å². The number of nitriles is 1. The van der Waals surface area contributed by atoms with Crippen LogP contribution >= 0.6 is 0 Å². The number of nitrogens with one attached hydrogen (secondary N) is 1. The third-order valence-corrected chi connectivity index (χ3v) is 4.45. The summed E-state index contributed by atoms with van der Waals surface area (Å²) in [5.74, 6) is -1.66. The van der Waals surface area contributed by atoms with Gasteiger partial charge < -0.3 is 26.6 Å². The molecular formula is C21H23FN6O3. The quantitative estimate of drug-likeness (QED) is 0.369. The molecule has 1 aromatic heterocycles. The number of halogens is 1. The summed E-state index contributed by atoms with van der Waals surface area (Å²) in [6, 6.07) is 6.75. The molecule has 1 atom stereocenters. The van der Waals surface area contributed by atoms with E-state index in [4.69, 9.17) is 16.2 Å². The van der Waals surface area contributed by atoms with Crippen LogP contribution in [-0.4, -0.2) is 42.4 Å². The van der Waals surface area contributed by atoms with E-state index in [1.165, 1.54) is 18.3 Å². The minimum atomic E-state index is -1.21. The number of aliphatic imine (C=N–C) groups is 1. The van der Waals surface area contributed by atoms with Gasteiger partial charge in [-0.05, 0) is 38.2 Å². The molecule has 0 unspecified atom stereocenters. The smallest absolute Gasteiger partial charge is 0.336 e. The van der Waals surface area contributed by atoms with E-state index in [-0.39, 0.29) is 28.4 Å². The van der Waals surface area contributed by atoms with Crippen molar-refractivity contribution in [3.05, 3.63) is 58.7 Å². The first-order chi connectivity index (χ1) is 14.7. The number of carboxylic acids is 1. The van der Waals surface area contributed by atoms with Crippen molar-refractivity contribution in [3.63, 3.8) is 0 Å². The number of benzene rings is 1. The number of hydrogen-bond donors (Lipinski definition) is 4. The van der Waals surface area contributed by atoms with Crippen LogP contribution in [0, 0.1) is 17.1 Å². The summed E-state index contributed by atoms with van der Waals surface area (Å²) in [7, 11) is 3.29. The lowest BCUT2D eigenvalue weighted by Gasteiger charge is -2.19.